The van der Waals surface area contributed by atoms with E-state index in [2.05, 4.69) is 170 Å². The van der Waals surface area contributed by atoms with E-state index in [1.807, 2.05) is 12.1 Å². The standard InChI is InChI=1S/C50H30O/c1-4-13-43-37(9-1)38-10-2-6-15-45(38)50-46-29-35(25-27-40(46)39-11-3-5-14-44(39)49(43)50)33-21-17-31(18-22-33)32-19-23-34(24-20-32)36-26-28-42-41-12-7-8-16-47(41)51-48(42)30-36/h1-30H. The minimum absolute atomic E-state index is 0.921. The Morgan fingerprint density at radius 1 is 0.216 bits per heavy atom. The smallest absolute Gasteiger partial charge is 0.136 e. The third-order valence-electron chi connectivity index (χ3n) is 10.9. The minimum atomic E-state index is 0.921. The molecule has 0 bridgehead atoms. The van der Waals surface area contributed by atoms with Gasteiger partial charge in [-0.2, -0.15) is 0 Å². The molecule has 1 aromatic heterocycles. The van der Waals surface area contributed by atoms with E-state index in [1.54, 1.807) is 0 Å². The molecule has 236 valence electrons. The van der Waals surface area contributed by atoms with Crippen LogP contribution in [0, 0.1) is 0 Å². The molecule has 0 fully saturated rings. The van der Waals surface area contributed by atoms with Crippen molar-refractivity contribution in [2.45, 2.75) is 0 Å². The number of furan rings is 1. The van der Waals surface area contributed by atoms with E-state index >= 15 is 0 Å². The summed E-state index contributed by atoms with van der Waals surface area (Å²) in [5, 5.41) is 15.4. The average Bonchev–Trinajstić information content (AvgIpc) is 3.58. The Hall–Kier alpha value is -6.70. The summed E-state index contributed by atoms with van der Waals surface area (Å²) in [4.78, 5) is 0. The van der Waals surface area contributed by atoms with Gasteiger partial charge in [-0.05, 0) is 112 Å². The van der Waals surface area contributed by atoms with Crippen LogP contribution < -0.4 is 0 Å². The zero-order valence-corrected chi connectivity index (χ0v) is 27.7. The highest BCUT2D eigenvalue weighted by molar-refractivity contribution is 6.39. The molecule has 51 heavy (non-hydrogen) atoms. The van der Waals surface area contributed by atoms with Gasteiger partial charge in [0.25, 0.3) is 0 Å². The van der Waals surface area contributed by atoms with Gasteiger partial charge in [-0.15, -0.1) is 0 Å². The van der Waals surface area contributed by atoms with Crippen molar-refractivity contribution in [3.05, 3.63) is 182 Å². The molecule has 0 saturated heterocycles. The number of para-hydroxylation sites is 1. The summed E-state index contributed by atoms with van der Waals surface area (Å²) in [5.41, 5.74) is 9.01. The Bertz CT molecular complexity index is 3150. The molecule has 0 saturated carbocycles. The highest BCUT2D eigenvalue weighted by atomic mass is 16.3. The van der Waals surface area contributed by atoms with Crippen molar-refractivity contribution in [1.82, 2.24) is 0 Å². The fourth-order valence-electron chi connectivity index (χ4n) is 8.42. The van der Waals surface area contributed by atoms with Crippen LogP contribution in [0.4, 0.5) is 0 Å². The first-order valence-electron chi connectivity index (χ1n) is 17.6. The average molecular weight is 647 g/mol. The molecule has 1 heterocycles. The first-order chi connectivity index (χ1) is 25.3. The lowest BCUT2D eigenvalue weighted by molar-refractivity contribution is 0.669. The lowest BCUT2D eigenvalue weighted by Gasteiger charge is -2.17. The second-order valence-corrected chi connectivity index (χ2v) is 13.6. The third kappa shape index (κ3) is 4.28. The molecule has 0 N–H and O–H groups in total. The van der Waals surface area contributed by atoms with Crippen molar-refractivity contribution in [2.24, 2.45) is 0 Å². The summed E-state index contributed by atoms with van der Waals surface area (Å²) in [5.74, 6) is 0. The molecular formula is C50H30O. The maximum absolute atomic E-state index is 6.15. The Kier molecular flexibility index (Phi) is 6.02. The molecule has 11 aromatic rings. The largest absolute Gasteiger partial charge is 0.456 e. The van der Waals surface area contributed by atoms with Crippen LogP contribution in [0.2, 0.25) is 0 Å². The van der Waals surface area contributed by atoms with E-state index in [-0.39, 0.29) is 0 Å². The van der Waals surface area contributed by atoms with E-state index in [0.29, 0.717) is 0 Å². The van der Waals surface area contributed by atoms with Gasteiger partial charge in [-0.3, -0.25) is 0 Å². The molecule has 0 unspecified atom stereocenters. The highest BCUT2D eigenvalue weighted by Crippen LogP contribution is 2.44. The maximum Gasteiger partial charge on any atom is 0.136 e. The lowest BCUT2D eigenvalue weighted by atomic mass is 9.86. The maximum atomic E-state index is 6.15. The Labute approximate surface area is 294 Å². The van der Waals surface area contributed by atoms with Crippen molar-refractivity contribution in [3.63, 3.8) is 0 Å². The number of rotatable bonds is 3. The highest BCUT2D eigenvalue weighted by Gasteiger charge is 2.16. The summed E-state index contributed by atoms with van der Waals surface area (Å²) in [6, 6.07) is 66.3. The van der Waals surface area contributed by atoms with Gasteiger partial charge in [0.2, 0.25) is 0 Å². The molecule has 0 aliphatic carbocycles. The van der Waals surface area contributed by atoms with Crippen LogP contribution in [0.15, 0.2) is 186 Å². The molecular weight excluding hydrogens is 617 g/mol. The zero-order valence-electron chi connectivity index (χ0n) is 27.7. The fraction of sp³-hybridized carbons (Fsp3) is 0. The van der Waals surface area contributed by atoms with Gasteiger partial charge < -0.3 is 4.42 Å². The van der Waals surface area contributed by atoms with Crippen LogP contribution in [0.25, 0.3) is 109 Å². The van der Waals surface area contributed by atoms with Gasteiger partial charge in [-0.25, -0.2) is 0 Å². The molecule has 0 atom stereocenters. The van der Waals surface area contributed by atoms with E-state index in [0.717, 1.165) is 27.5 Å². The quantitative estimate of drug-likeness (QED) is 0.174. The monoisotopic (exact) mass is 646 g/mol. The van der Waals surface area contributed by atoms with Gasteiger partial charge in [0, 0.05) is 10.8 Å². The number of hydrogen-bond acceptors (Lipinski definition) is 1. The van der Waals surface area contributed by atoms with Gasteiger partial charge in [0.15, 0.2) is 0 Å². The molecule has 0 radical (unpaired) electrons. The Morgan fingerprint density at radius 2 is 0.549 bits per heavy atom. The second kappa shape index (κ2) is 10.9. The van der Waals surface area contributed by atoms with Crippen LogP contribution in [0.1, 0.15) is 0 Å². The summed E-state index contributed by atoms with van der Waals surface area (Å²) >= 11 is 0. The summed E-state index contributed by atoms with van der Waals surface area (Å²) in [6.07, 6.45) is 0. The van der Waals surface area contributed by atoms with Gasteiger partial charge in [0.1, 0.15) is 11.2 Å². The van der Waals surface area contributed by atoms with Crippen molar-refractivity contribution < 1.29 is 4.42 Å². The molecule has 0 aliphatic heterocycles. The Morgan fingerprint density at radius 3 is 1.08 bits per heavy atom. The van der Waals surface area contributed by atoms with Crippen LogP contribution in [0.3, 0.4) is 0 Å². The molecule has 10 aromatic carbocycles. The molecule has 1 nitrogen and oxygen atoms in total. The first-order valence-corrected chi connectivity index (χ1v) is 17.6. The topological polar surface area (TPSA) is 13.1 Å². The summed E-state index contributed by atoms with van der Waals surface area (Å²) in [7, 11) is 0. The van der Waals surface area contributed by atoms with E-state index in [4.69, 9.17) is 4.42 Å². The van der Waals surface area contributed by atoms with Crippen molar-refractivity contribution >= 4 is 75.8 Å². The SMILES string of the molecule is c1ccc2c(c1)oc1cc(-c3ccc(-c4ccc(-c5ccc6c7ccccc7c7c8ccccc8c8ccccc8c7c6c5)cc4)cc3)ccc12. The van der Waals surface area contributed by atoms with Crippen molar-refractivity contribution in [2.75, 3.05) is 0 Å². The van der Waals surface area contributed by atoms with Crippen LogP contribution >= 0.6 is 0 Å². The number of fused-ring (bicyclic) bond motifs is 14. The molecule has 0 spiro atoms. The zero-order chi connectivity index (χ0) is 33.5. The predicted octanol–water partition coefficient (Wildman–Crippen LogP) is 14.4. The van der Waals surface area contributed by atoms with E-state index in [1.165, 1.54) is 81.7 Å². The molecule has 11 rings (SSSR count). The van der Waals surface area contributed by atoms with Crippen molar-refractivity contribution in [3.8, 4) is 33.4 Å². The van der Waals surface area contributed by atoms with Crippen LogP contribution in [-0.2, 0) is 0 Å². The number of hydrogen-bond donors (Lipinski definition) is 0. The van der Waals surface area contributed by atoms with Crippen LogP contribution in [0.5, 0.6) is 0 Å². The number of benzene rings is 10. The fourth-order valence-corrected chi connectivity index (χ4v) is 8.42. The summed E-state index contributed by atoms with van der Waals surface area (Å²) in [6.45, 7) is 0. The van der Waals surface area contributed by atoms with Crippen LogP contribution in [-0.4, -0.2) is 0 Å². The first kappa shape index (κ1) is 28.2. The normalized spacial score (nSPS) is 11.9. The molecule has 0 aliphatic rings. The van der Waals surface area contributed by atoms with Gasteiger partial charge in [0.05, 0.1) is 0 Å². The van der Waals surface area contributed by atoms with Gasteiger partial charge >= 0.3 is 0 Å². The molecule has 0 amide bonds. The minimum Gasteiger partial charge on any atom is -0.456 e. The predicted molar refractivity (Wildman–Crippen MR) is 218 cm³/mol. The van der Waals surface area contributed by atoms with E-state index < -0.39 is 0 Å². The third-order valence-corrected chi connectivity index (χ3v) is 10.9. The summed E-state index contributed by atoms with van der Waals surface area (Å²) < 4.78 is 6.15. The van der Waals surface area contributed by atoms with Gasteiger partial charge in [-0.1, -0.05) is 158 Å². The molecule has 1 heteroatoms. The second-order valence-electron chi connectivity index (χ2n) is 13.6. The Balaban J connectivity index is 1.00. The lowest BCUT2D eigenvalue weighted by Crippen LogP contribution is -1.89. The van der Waals surface area contributed by atoms with E-state index in [9.17, 15) is 0 Å². The van der Waals surface area contributed by atoms with Crippen molar-refractivity contribution in [1.29, 1.82) is 0 Å².